The van der Waals surface area contributed by atoms with Gasteiger partial charge in [0.1, 0.15) is 5.76 Å². The highest BCUT2D eigenvalue weighted by Crippen LogP contribution is 2.23. The molecule has 1 aliphatic carbocycles. The molecule has 0 aliphatic heterocycles. The van der Waals surface area contributed by atoms with Crippen LogP contribution < -0.4 is 10.6 Å². The van der Waals surface area contributed by atoms with Crippen molar-refractivity contribution in [3.8, 4) is 0 Å². The second kappa shape index (κ2) is 9.20. The van der Waals surface area contributed by atoms with Crippen LogP contribution in [0, 0.1) is 13.8 Å². The Balaban J connectivity index is 1.81. The molecule has 0 spiro atoms. The number of rotatable bonds is 6. The Morgan fingerprint density at radius 2 is 2.21 bits per heavy atom. The van der Waals surface area contributed by atoms with E-state index in [0.29, 0.717) is 11.3 Å². The number of guanidine groups is 1. The lowest BCUT2D eigenvalue weighted by molar-refractivity contribution is 0.392. The molecule has 1 aliphatic rings. The first-order chi connectivity index (χ1) is 11.5. The maximum Gasteiger partial charge on any atom is 0.191 e. The molecule has 2 rings (SSSR count). The molecule has 3 unspecified atom stereocenters. The first-order valence-electron chi connectivity index (χ1n) is 8.81. The number of aliphatic imine (C=N–C) groups is 1. The van der Waals surface area contributed by atoms with Crippen LogP contribution in [0.2, 0.25) is 0 Å². The van der Waals surface area contributed by atoms with Gasteiger partial charge in [-0.1, -0.05) is 18.5 Å². The van der Waals surface area contributed by atoms with Gasteiger partial charge in [-0.15, -0.1) is 0 Å². The Labute approximate surface area is 147 Å². The van der Waals surface area contributed by atoms with Crippen LogP contribution >= 0.6 is 0 Å². The van der Waals surface area contributed by atoms with Crippen LogP contribution in [0.4, 0.5) is 0 Å². The number of aromatic nitrogens is 1. The van der Waals surface area contributed by atoms with Crippen molar-refractivity contribution in [2.75, 3.05) is 19.3 Å². The summed E-state index contributed by atoms with van der Waals surface area (Å²) in [5.41, 5.74) is 2.11. The van der Waals surface area contributed by atoms with Gasteiger partial charge < -0.3 is 15.2 Å². The standard InChI is InChI=1S/C17H30N4O2S/c1-5-24(22)15-8-6-7-14(11-15)20-17(18-4)19-10-9-16-12(2)21-23-13(16)3/h14-15H,5-11H2,1-4H3,(H2,18,19,20). The van der Waals surface area contributed by atoms with Crippen molar-refractivity contribution in [3.63, 3.8) is 0 Å². The van der Waals surface area contributed by atoms with E-state index in [1.54, 1.807) is 7.05 Å². The number of nitrogens with zero attached hydrogens (tertiary/aromatic N) is 2. The predicted octanol–water partition coefficient (Wildman–Crippen LogP) is 2.08. The van der Waals surface area contributed by atoms with E-state index in [-0.39, 0.29) is 0 Å². The fourth-order valence-electron chi connectivity index (χ4n) is 3.30. The molecule has 0 radical (unpaired) electrons. The molecular weight excluding hydrogens is 324 g/mol. The second-order valence-corrected chi connectivity index (χ2v) is 8.36. The fourth-order valence-corrected chi connectivity index (χ4v) is 4.65. The van der Waals surface area contributed by atoms with Crippen molar-refractivity contribution < 1.29 is 8.73 Å². The third-order valence-electron chi connectivity index (χ3n) is 4.70. The average Bonchev–Trinajstić information content (AvgIpc) is 2.92. The molecule has 7 heteroatoms. The average molecular weight is 355 g/mol. The van der Waals surface area contributed by atoms with Crippen molar-refractivity contribution in [2.24, 2.45) is 4.99 Å². The van der Waals surface area contributed by atoms with E-state index in [9.17, 15) is 4.21 Å². The highest BCUT2D eigenvalue weighted by atomic mass is 32.2. The molecule has 0 amide bonds. The summed E-state index contributed by atoms with van der Waals surface area (Å²) in [6.07, 6.45) is 5.14. The SMILES string of the molecule is CCS(=O)C1CCCC(NC(=NC)NCCc2c(C)noc2C)C1. The first kappa shape index (κ1) is 19.0. The summed E-state index contributed by atoms with van der Waals surface area (Å²) in [5.74, 6) is 2.45. The summed E-state index contributed by atoms with van der Waals surface area (Å²) in [5, 5.41) is 11.2. The summed E-state index contributed by atoms with van der Waals surface area (Å²) >= 11 is 0. The smallest absolute Gasteiger partial charge is 0.191 e. The van der Waals surface area contributed by atoms with Gasteiger partial charge in [0.25, 0.3) is 0 Å². The number of hydrogen-bond acceptors (Lipinski definition) is 4. The van der Waals surface area contributed by atoms with Gasteiger partial charge in [-0.25, -0.2) is 0 Å². The Hall–Kier alpha value is -1.37. The van der Waals surface area contributed by atoms with E-state index in [0.717, 1.165) is 67.4 Å². The monoisotopic (exact) mass is 354 g/mol. The molecule has 0 bridgehead atoms. The molecule has 1 heterocycles. The second-order valence-electron chi connectivity index (χ2n) is 6.35. The normalized spacial score (nSPS) is 23.1. The minimum absolute atomic E-state index is 0.321. The molecule has 136 valence electrons. The molecule has 1 fully saturated rings. The predicted molar refractivity (Wildman–Crippen MR) is 98.9 cm³/mol. The van der Waals surface area contributed by atoms with E-state index in [1.807, 2.05) is 20.8 Å². The van der Waals surface area contributed by atoms with Crippen molar-refractivity contribution in [2.45, 2.75) is 64.2 Å². The van der Waals surface area contributed by atoms with E-state index in [4.69, 9.17) is 4.52 Å². The van der Waals surface area contributed by atoms with Crippen LogP contribution in [0.15, 0.2) is 9.52 Å². The van der Waals surface area contributed by atoms with Crippen molar-refractivity contribution in [3.05, 3.63) is 17.0 Å². The molecule has 0 aromatic carbocycles. The van der Waals surface area contributed by atoms with Gasteiger partial charge in [0.05, 0.1) is 5.69 Å². The summed E-state index contributed by atoms with van der Waals surface area (Å²) < 4.78 is 17.3. The summed E-state index contributed by atoms with van der Waals surface area (Å²) in [4.78, 5) is 4.32. The minimum Gasteiger partial charge on any atom is -0.361 e. The Morgan fingerprint density at radius 3 is 2.83 bits per heavy atom. The number of hydrogen-bond donors (Lipinski definition) is 2. The van der Waals surface area contributed by atoms with Crippen LogP contribution in [0.25, 0.3) is 0 Å². The molecular formula is C17H30N4O2S. The van der Waals surface area contributed by atoms with E-state index >= 15 is 0 Å². The Kier molecular flexibility index (Phi) is 7.27. The molecule has 0 saturated heterocycles. The van der Waals surface area contributed by atoms with Crippen LogP contribution in [-0.2, 0) is 17.2 Å². The highest BCUT2D eigenvalue weighted by molar-refractivity contribution is 7.85. The van der Waals surface area contributed by atoms with Crippen LogP contribution in [-0.4, -0.2) is 46.0 Å². The lowest BCUT2D eigenvalue weighted by Gasteiger charge is -2.30. The Morgan fingerprint density at radius 1 is 1.42 bits per heavy atom. The van der Waals surface area contributed by atoms with Crippen molar-refractivity contribution in [1.29, 1.82) is 0 Å². The fraction of sp³-hybridized carbons (Fsp3) is 0.765. The maximum absolute atomic E-state index is 12.1. The Bertz CT molecular complexity index is 566. The van der Waals surface area contributed by atoms with Gasteiger partial charge in [0.2, 0.25) is 0 Å². The lowest BCUT2D eigenvalue weighted by Crippen LogP contribution is -2.47. The molecule has 3 atom stereocenters. The molecule has 6 nitrogen and oxygen atoms in total. The van der Waals surface area contributed by atoms with Crippen molar-refractivity contribution in [1.82, 2.24) is 15.8 Å². The molecule has 2 N–H and O–H groups in total. The third kappa shape index (κ3) is 5.06. The summed E-state index contributed by atoms with van der Waals surface area (Å²) in [6.45, 7) is 6.69. The van der Waals surface area contributed by atoms with Crippen LogP contribution in [0.5, 0.6) is 0 Å². The van der Waals surface area contributed by atoms with E-state index in [1.165, 1.54) is 0 Å². The van der Waals surface area contributed by atoms with Gasteiger partial charge in [0, 0.05) is 47.0 Å². The van der Waals surface area contributed by atoms with Gasteiger partial charge in [-0.3, -0.25) is 9.20 Å². The minimum atomic E-state index is -0.700. The quantitative estimate of drug-likeness (QED) is 0.604. The van der Waals surface area contributed by atoms with Gasteiger partial charge in [-0.05, 0) is 39.5 Å². The largest absolute Gasteiger partial charge is 0.361 e. The molecule has 1 aromatic heterocycles. The molecule has 1 saturated carbocycles. The zero-order valence-corrected chi connectivity index (χ0v) is 16.0. The summed E-state index contributed by atoms with van der Waals surface area (Å²) in [6, 6.07) is 0.351. The zero-order valence-electron chi connectivity index (χ0n) is 15.2. The first-order valence-corrected chi connectivity index (χ1v) is 10.2. The van der Waals surface area contributed by atoms with Gasteiger partial charge >= 0.3 is 0 Å². The number of nitrogens with one attached hydrogen (secondary N) is 2. The molecule has 1 aromatic rings. The topological polar surface area (TPSA) is 79.5 Å². The molecule has 24 heavy (non-hydrogen) atoms. The maximum atomic E-state index is 12.1. The number of aryl methyl sites for hydroxylation is 2. The van der Waals surface area contributed by atoms with E-state index < -0.39 is 10.8 Å². The van der Waals surface area contributed by atoms with Crippen molar-refractivity contribution >= 4 is 16.8 Å². The van der Waals surface area contributed by atoms with Crippen LogP contribution in [0.3, 0.4) is 0 Å². The lowest BCUT2D eigenvalue weighted by atomic mass is 9.95. The highest BCUT2D eigenvalue weighted by Gasteiger charge is 2.26. The third-order valence-corrected chi connectivity index (χ3v) is 6.44. The van der Waals surface area contributed by atoms with Gasteiger partial charge in [0.15, 0.2) is 5.96 Å². The summed E-state index contributed by atoms with van der Waals surface area (Å²) in [7, 11) is 1.09. The van der Waals surface area contributed by atoms with Gasteiger partial charge in [-0.2, -0.15) is 0 Å². The van der Waals surface area contributed by atoms with E-state index in [2.05, 4.69) is 20.8 Å². The van der Waals surface area contributed by atoms with Crippen LogP contribution in [0.1, 0.15) is 49.6 Å². The zero-order chi connectivity index (χ0) is 17.5.